The van der Waals surface area contributed by atoms with Crippen molar-refractivity contribution in [2.45, 2.75) is 45.3 Å². The third kappa shape index (κ3) is 3.06. The van der Waals surface area contributed by atoms with Crippen LogP contribution in [0.25, 0.3) is 0 Å². The van der Waals surface area contributed by atoms with Crippen molar-refractivity contribution >= 4 is 12.0 Å². The summed E-state index contributed by atoms with van der Waals surface area (Å²) in [4.78, 5) is 27.7. The maximum absolute atomic E-state index is 12.1. The molecule has 20 heavy (non-hydrogen) atoms. The van der Waals surface area contributed by atoms with E-state index in [2.05, 4.69) is 5.92 Å². The summed E-state index contributed by atoms with van der Waals surface area (Å²) in [5, 5.41) is 0. The van der Waals surface area contributed by atoms with Gasteiger partial charge in [0, 0.05) is 26.1 Å². The maximum Gasteiger partial charge on any atom is 0.410 e. The molecule has 5 nitrogen and oxygen atoms in total. The Labute approximate surface area is 120 Å². The number of carbonyl (C=O) groups excluding carboxylic acids is 2. The number of fused-ring (bicyclic) bond motifs is 1. The van der Waals surface area contributed by atoms with E-state index in [0.717, 1.165) is 6.42 Å². The Morgan fingerprint density at radius 2 is 2.15 bits per heavy atom. The second kappa shape index (κ2) is 5.35. The number of hydrogen-bond donors (Lipinski definition) is 0. The second-order valence-corrected chi connectivity index (χ2v) is 6.45. The molecule has 110 valence electrons. The summed E-state index contributed by atoms with van der Waals surface area (Å²) in [7, 11) is 0. The molecule has 2 fully saturated rings. The summed E-state index contributed by atoms with van der Waals surface area (Å²) >= 11 is 0. The molecule has 2 aliphatic rings. The lowest BCUT2D eigenvalue weighted by Gasteiger charge is -2.38. The lowest BCUT2D eigenvalue weighted by atomic mass is 10.0. The van der Waals surface area contributed by atoms with Crippen LogP contribution in [0.5, 0.6) is 0 Å². The van der Waals surface area contributed by atoms with Gasteiger partial charge in [0.15, 0.2) is 0 Å². The molecule has 2 amide bonds. The minimum absolute atomic E-state index is 0.0800. The molecule has 0 aliphatic carbocycles. The highest BCUT2D eigenvalue weighted by atomic mass is 16.6. The first-order chi connectivity index (χ1) is 9.31. The molecular formula is C15H22N2O3. The minimum Gasteiger partial charge on any atom is -0.444 e. The lowest BCUT2D eigenvalue weighted by Crippen LogP contribution is -2.54. The molecule has 0 aromatic carbocycles. The fourth-order valence-corrected chi connectivity index (χ4v) is 2.82. The van der Waals surface area contributed by atoms with E-state index in [1.807, 2.05) is 25.7 Å². The van der Waals surface area contributed by atoms with Gasteiger partial charge in [0.05, 0.1) is 12.0 Å². The van der Waals surface area contributed by atoms with Crippen LogP contribution in [0.3, 0.4) is 0 Å². The van der Waals surface area contributed by atoms with E-state index in [9.17, 15) is 9.59 Å². The van der Waals surface area contributed by atoms with Crippen LogP contribution in [0.4, 0.5) is 4.79 Å². The number of piperazine rings is 1. The molecule has 0 radical (unpaired) electrons. The summed E-state index contributed by atoms with van der Waals surface area (Å²) in [6.45, 7) is 7.20. The van der Waals surface area contributed by atoms with Crippen LogP contribution in [0.15, 0.2) is 0 Å². The molecule has 5 heteroatoms. The number of rotatable bonds is 1. The van der Waals surface area contributed by atoms with Gasteiger partial charge in [-0.1, -0.05) is 0 Å². The zero-order valence-corrected chi connectivity index (χ0v) is 12.4. The van der Waals surface area contributed by atoms with Crippen molar-refractivity contribution in [3.05, 3.63) is 0 Å². The van der Waals surface area contributed by atoms with Gasteiger partial charge in [-0.25, -0.2) is 4.79 Å². The van der Waals surface area contributed by atoms with Crippen molar-refractivity contribution in [2.24, 2.45) is 5.92 Å². The zero-order valence-electron chi connectivity index (χ0n) is 12.4. The van der Waals surface area contributed by atoms with Crippen molar-refractivity contribution in [1.29, 1.82) is 0 Å². The Hall–Kier alpha value is -1.70. The molecule has 2 heterocycles. The van der Waals surface area contributed by atoms with Crippen molar-refractivity contribution in [1.82, 2.24) is 9.80 Å². The molecule has 0 spiro atoms. The molecule has 2 rings (SSSR count). The number of amides is 2. The van der Waals surface area contributed by atoms with Gasteiger partial charge in [-0.15, -0.1) is 12.3 Å². The highest BCUT2D eigenvalue weighted by molar-refractivity contribution is 5.82. The summed E-state index contributed by atoms with van der Waals surface area (Å²) in [5.74, 6) is 2.62. The largest absolute Gasteiger partial charge is 0.444 e. The molecule has 2 unspecified atom stereocenters. The van der Waals surface area contributed by atoms with Gasteiger partial charge < -0.3 is 14.5 Å². The Morgan fingerprint density at radius 1 is 1.45 bits per heavy atom. The monoisotopic (exact) mass is 278 g/mol. The fraction of sp³-hybridized carbons (Fsp3) is 0.733. The Bertz CT molecular complexity index is 447. The number of nitrogens with zero attached hydrogens (tertiary/aromatic N) is 2. The first-order valence-corrected chi connectivity index (χ1v) is 7.03. The molecule has 0 aromatic heterocycles. The number of hydrogen-bond acceptors (Lipinski definition) is 3. The highest BCUT2D eigenvalue weighted by Crippen LogP contribution is 2.30. The van der Waals surface area contributed by atoms with Crippen LogP contribution in [0.2, 0.25) is 0 Å². The maximum atomic E-state index is 12.1. The van der Waals surface area contributed by atoms with Crippen LogP contribution >= 0.6 is 0 Å². The second-order valence-electron chi connectivity index (χ2n) is 6.45. The van der Waals surface area contributed by atoms with Crippen molar-refractivity contribution in [3.8, 4) is 12.3 Å². The van der Waals surface area contributed by atoms with E-state index in [1.165, 1.54) is 0 Å². The van der Waals surface area contributed by atoms with Gasteiger partial charge >= 0.3 is 6.09 Å². The molecule has 2 aliphatic heterocycles. The summed E-state index contributed by atoms with van der Waals surface area (Å²) < 4.78 is 5.38. The van der Waals surface area contributed by atoms with E-state index in [4.69, 9.17) is 11.2 Å². The number of carbonyl (C=O) groups is 2. The molecule has 0 bridgehead atoms. The average Bonchev–Trinajstić information content (AvgIpc) is 2.64. The molecule has 0 saturated carbocycles. The summed E-state index contributed by atoms with van der Waals surface area (Å²) in [6.07, 6.45) is 6.22. The smallest absolute Gasteiger partial charge is 0.410 e. The number of terminal acetylenes is 1. The Kier molecular flexibility index (Phi) is 3.94. The topological polar surface area (TPSA) is 49.9 Å². The Morgan fingerprint density at radius 3 is 2.75 bits per heavy atom. The average molecular weight is 278 g/mol. The highest BCUT2D eigenvalue weighted by Gasteiger charge is 2.43. The van der Waals surface area contributed by atoms with Crippen molar-refractivity contribution in [2.75, 3.05) is 19.6 Å². The van der Waals surface area contributed by atoms with Gasteiger partial charge in [0.2, 0.25) is 5.91 Å². The molecule has 0 aromatic rings. The van der Waals surface area contributed by atoms with E-state index in [-0.39, 0.29) is 24.0 Å². The molecular weight excluding hydrogens is 256 g/mol. The lowest BCUT2D eigenvalue weighted by molar-refractivity contribution is -0.133. The van der Waals surface area contributed by atoms with Gasteiger partial charge in [-0.3, -0.25) is 4.79 Å². The van der Waals surface area contributed by atoms with Crippen LogP contribution in [-0.2, 0) is 9.53 Å². The Balaban J connectivity index is 1.97. The SMILES string of the molecule is C#CCC1CC2CN(C(=O)OC(C)(C)C)CCN2C1=O. The molecule has 2 saturated heterocycles. The van der Waals surface area contributed by atoms with Gasteiger partial charge in [0.1, 0.15) is 5.60 Å². The quantitative estimate of drug-likeness (QED) is 0.683. The van der Waals surface area contributed by atoms with E-state index >= 15 is 0 Å². The molecule has 0 N–H and O–H groups in total. The third-order valence-electron chi connectivity index (χ3n) is 3.69. The van der Waals surface area contributed by atoms with Crippen LogP contribution in [0.1, 0.15) is 33.6 Å². The third-order valence-corrected chi connectivity index (χ3v) is 3.69. The number of ether oxygens (including phenoxy) is 1. The normalized spacial score (nSPS) is 26.2. The van der Waals surface area contributed by atoms with Crippen LogP contribution < -0.4 is 0 Å². The molecule has 2 atom stereocenters. The fourth-order valence-electron chi connectivity index (χ4n) is 2.82. The van der Waals surface area contributed by atoms with E-state index < -0.39 is 5.60 Å². The van der Waals surface area contributed by atoms with Crippen LogP contribution in [-0.4, -0.2) is 53.1 Å². The van der Waals surface area contributed by atoms with Gasteiger partial charge in [-0.2, -0.15) is 0 Å². The van der Waals surface area contributed by atoms with Gasteiger partial charge in [0.25, 0.3) is 0 Å². The first kappa shape index (κ1) is 14.7. The van der Waals surface area contributed by atoms with Crippen LogP contribution in [0, 0.1) is 18.3 Å². The first-order valence-electron chi connectivity index (χ1n) is 7.03. The van der Waals surface area contributed by atoms with Crippen molar-refractivity contribution in [3.63, 3.8) is 0 Å². The summed E-state index contributed by atoms with van der Waals surface area (Å²) in [6, 6.07) is 0.0853. The summed E-state index contributed by atoms with van der Waals surface area (Å²) in [5.41, 5.74) is -0.494. The van der Waals surface area contributed by atoms with Gasteiger partial charge in [-0.05, 0) is 27.2 Å². The predicted octanol–water partition coefficient (Wildman–Crippen LogP) is 1.48. The van der Waals surface area contributed by atoms with Crippen molar-refractivity contribution < 1.29 is 14.3 Å². The predicted molar refractivity (Wildman–Crippen MR) is 74.9 cm³/mol. The van der Waals surface area contributed by atoms with E-state index in [0.29, 0.717) is 26.1 Å². The zero-order chi connectivity index (χ0) is 14.9. The standard InChI is InChI=1S/C15H22N2O3/c1-5-6-11-9-12-10-16(7-8-17(12)13(11)18)14(19)20-15(2,3)4/h1,11-12H,6-10H2,2-4H3. The van der Waals surface area contributed by atoms with E-state index in [1.54, 1.807) is 4.90 Å². The minimum atomic E-state index is -0.494.